The molecule has 0 unspecified atom stereocenters. The largest absolute Gasteiger partial charge is 0.507 e. The minimum absolute atomic E-state index is 0.0884. The molecule has 0 atom stereocenters. The van der Waals surface area contributed by atoms with Gasteiger partial charge in [0, 0.05) is 10.7 Å². The number of anilines is 1. The van der Waals surface area contributed by atoms with Gasteiger partial charge in [-0.15, -0.1) is 0 Å². The van der Waals surface area contributed by atoms with Crippen molar-refractivity contribution in [2.24, 2.45) is 0 Å². The molecule has 0 aromatic heterocycles. The van der Waals surface area contributed by atoms with Crippen LogP contribution in [-0.2, 0) is 0 Å². The normalized spacial score (nSPS) is 10.2. The van der Waals surface area contributed by atoms with Gasteiger partial charge in [-0.3, -0.25) is 4.79 Å². The minimum Gasteiger partial charge on any atom is -0.507 e. The Balaban J connectivity index is 2.10. The molecule has 0 saturated carbocycles. The van der Waals surface area contributed by atoms with E-state index in [-0.39, 0.29) is 11.0 Å². The first kappa shape index (κ1) is 13.8. The van der Waals surface area contributed by atoms with E-state index in [0.717, 1.165) is 17.3 Å². The number of para-hydroxylation sites is 1. The quantitative estimate of drug-likeness (QED) is 0.791. The number of hydrogen-bond acceptors (Lipinski definition) is 3. The second-order valence-electron chi connectivity index (χ2n) is 3.89. The molecule has 0 saturated heterocycles. The first-order valence-corrected chi connectivity index (χ1v) is 6.79. The van der Waals surface area contributed by atoms with Crippen LogP contribution < -0.4 is 5.32 Å². The molecule has 2 N–H and O–H groups in total. The van der Waals surface area contributed by atoms with Gasteiger partial charge in [-0.25, -0.2) is 0 Å². The van der Waals surface area contributed by atoms with E-state index in [2.05, 4.69) is 5.32 Å². The zero-order valence-electron chi connectivity index (χ0n) is 10.2. The number of nitrogens with one attached hydrogen (secondary N) is 1. The topological polar surface area (TPSA) is 49.3 Å². The Morgan fingerprint density at radius 2 is 1.95 bits per heavy atom. The number of phenolic OH excluding ortho intramolecular Hbond substituents is 1. The molecular formula is C14H12ClNO2S. The van der Waals surface area contributed by atoms with Gasteiger partial charge in [0.2, 0.25) is 0 Å². The number of aromatic hydroxyl groups is 1. The van der Waals surface area contributed by atoms with Crippen molar-refractivity contribution < 1.29 is 9.90 Å². The predicted molar refractivity (Wildman–Crippen MR) is 79.2 cm³/mol. The number of rotatable bonds is 2. The summed E-state index contributed by atoms with van der Waals surface area (Å²) in [7, 11) is 0. The van der Waals surface area contributed by atoms with Crippen LogP contribution in [0, 0.1) is 6.92 Å². The Hall–Kier alpha value is -1.65. The molecule has 0 aliphatic carbocycles. The highest BCUT2D eigenvalue weighted by Gasteiger charge is 2.10. The van der Waals surface area contributed by atoms with Gasteiger partial charge in [0.05, 0.1) is 4.90 Å². The predicted octanol–water partition coefficient (Wildman–Crippen LogP) is 4.68. The third-order valence-corrected chi connectivity index (χ3v) is 3.83. The molecule has 0 radical (unpaired) electrons. The molecule has 0 fully saturated rings. The van der Waals surface area contributed by atoms with E-state index in [1.54, 1.807) is 42.5 Å². The lowest BCUT2D eigenvalue weighted by atomic mass is 10.2. The van der Waals surface area contributed by atoms with Gasteiger partial charge in [-0.05, 0) is 48.5 Å². The standard InChI is InChI=1S/C14H12ClNO2S/c1-9-10(15)5-4-6-11(9)16-14(18)19-13-8-3-2-7-12(13)17/h2-8,17H,1H3,(H,16,18). The fourth-order valence-corrected chi connectivity index (χ4v) is 2.38. The molecule has 0 bridgehead atoms. The maximum absolute atomic E-state index is 11.9. The Morgan fingerprint density at radius 3 is 2.68 bits per heavy atom. The summed E-state index contributed by atoms with van der Waals surface area (Å²) in [5.41, 5.74) is 1.48. The first-order chi connectivity index (χ1) is 9.08. The van der Waals surface area contributed by atoms with Gasteiger partial charge in [0.25, 0.3) is 5.24 Å². The van der Waals surface area contributed by atoms with E-state index < -0.39 is 0 Å². The number of hydrogen-bond donors (Lipinski definition) is 2. The van der Waals surface area contributed by atoms with Crippen LogP contribution in [0.1, 0.15) is 5.56 Å². The SMILES string of the molecule is Cc1c(Cl)cccc1NC(=O)Sc1ccccc1O. The van der Waals surface area contributed by atoms with E-state index in [1.807, 2.05) is 6.92 Å². The number of amides is 1. The molecule has 0 aliphatic rings. The summed E-state index contributed by atoms with van der Waals surface area (Å²) in [5.74, 6) is 0.0884. The Kier molecular flexibility index (Phi) is 4.35. The van der Waals surface area contributed by atoms with E-state index in [0.29, 0.717) is 15.6 Å². The van der Waals surface area contributed by atoms with Gasteiger partial charge < -0.3 is 10.4 Å². The van der Waals surface area contributed by atoms with Crippen LogP contribution in [0.2, 0.25) is 5.02 Å². The van der Waals surface area contributed by atoms with Crippen LogP contribution in [-0.4, -0.2) is 10.3 Å². The fourth-order valence-electron chi connectivity index (χ4n) is 1.52. The van der Waals surface area contributed by atoms with E-state index in [4.69, 9.17) is 11.6 Å². The van der Waals surface area contributed by atoms with Crippen molar-refractivity contribution in [3.63, 3.8) is 0 Å². The summed E-state index contributed by atoms with van der Waals surface area (Å²) in [4.78, 5) is 12.4. The maximum atomic E-state index is 11.9. The van der Waals surface area contributed by atoms with Crippen LogP contribution in [0.4, 0.5) is 10.5 Å². The third kappa shape index (κ3) is 3.43. The van der Waals surface area contributed by atoms with Gasteiger partial charge in [0.15, 0.2) is 0 Å². The number of carbonyl (C=O) groups excluding carboxylic acids is 1. The Morgan fingerprint density at radius 1 is 1.21 bits per heavy atom. The lowest BCUT2D eigenvalue weighted by Gasteiger charge is -2.09. The fraction of sp³-hybridized carbons (Fsp3) is 0.0714. The third-order valence-electron chi connectivity index (χ3n) is 2.57. The van der Waals surface area contributed by atoms with Crippen molar-refractivity contribution in [3.05, 3.63) is 53.1 Å². The summed E-state index contributed by atoms with van der Waals surface area (Å²) in [6.45, 7) is 1.84. The van der Waals surface area contributed by atoms with Crippen molar-refractivity contribution >= 4 is 34.3 Å². The molecule has 19 heavy (non-hydrogen) atoms. The molecule has 0 aliphatic heterocycles. The van der Waals surface area contributed by atoms with Crippen LogP contribution in [0.15, 0.2) is 47.4 Å². The molecule has 2 aromatic rings. The molecule has 3 nitrogen and oxygen atoms in total. The van der Waals surface area contributed by atoms with Gasteiger partial charge in [-0.1, -0.05) is 29.8 Å². The van der Waals surface area contributed by atoms with Crippen molar-refractivity contribution in [1.29, 1.82) is 0 Å². The zero-order valence-corrected chi connectivity index (χ0v) is 11.8. The molecule has 0 heterocycles. The molecule has 1 amide bonds. The summed E-state index contributed by atoms with van der Waals surface area (Å²) in [6.07, 6.45) is 0. The number of thioether (sulfide) groups is 1. The zero-order chi connectivity index (χ0) is 13.8. The van der Waals surface area contributed by atoms with E-state index in [1.165, 1.54) is 0 Å². The Labute approximate surface area is 120 Å². The van der Waals surface area contributed by atoms with Crippen molar-refractivity contribution in [3.8, 4) is 5.75 Å². The van der Waals surface area contributed by atoms with E-state index >= 15 is 0 Å². The van der Waals surface area contributed by atoms with Gasteiger partial charge in [0.1, 0.15) is 5.75 Å². The van der Waals surface area contributed by atoms with Crippen LogP contribution in [0.3, 0.4) is 0 Å². The molecular weight excluding hydrogens is 282 g/mol. The summed E-state index contributed by atoms with van der Waals surface area (Å²) < 4.78 is 0. The molecule has 5 heteroatoms. The monoisotopic (exact) mass is 293 g/mol. The van der Waals surface area contributed by atoms with Crippen LogP contribution in [0.5, 0.6) is 5.75 Å². The smallest absolute Gasteiger partial charge is 0.288 e. The van der Waals surface area contributed by atoms with Crippen molar-refractivity contribution in [2.45, 2.75) is 11.8 Å². The second kappa shape index (κ2) is 5.99. The molecule has 2 aromatic carbocycles. The highest BCUT2D eigenvalue weighted by atomic mass is 35.5. The van der Waals surface area contributed by atoms with Crippen LogP contribution >= 0.6 is 23.4 Å². The maximum Gasteiger partial charge on any atom is 0.288 e. The number of carbonyl (C=O) groups is 1. The lowest BCUT2D eigenvalue weighted by Crippen LogP contribution is -2.06. The highest BCUT2D eigenvalue weighted by Crippen LogP contribution is 2.30. The summed E-state index contributed by atoms with van der Waals surface area (Å²) in [6, 6.07) is 12.0. The van der Waals surface area contributed by atoms with Gasteiger partial charge in [-0.2, -0.15) is 0 Å². The summed E-state index contributed by atoms with van der Waals surface area (Å²) in [5, 5.41) is 12.7. The highest BCUT2D eigenvalue weighted by molar-refractivity contribution is 8.14. The number of phenols is 1. The summed E-state index contributed by atoms with van der Waals surface area (Å²) >= 11 is 6.92. The van der Waals surface area contributed by atoms with Gasteiger partial charge >= 0.3 is 0 Å². The Bertz CT molecular complexity index is 616. The average Bonchev–Trinajstić information content (AvgIpc) is 2.38. The van der Waals surface area contributed by atoms with E-state index in [9.17, 15) is 9.90 Å². The second-order valence-corrected chi connectivity index (χ2v) is 5.32. The average molecular weight is 294 g/mol. The number of halogens is 1. The molecule has 2 rings (SSSR count). The van der Waals surface area contributed by atoms with Crippen LogP contribution in [0.25, 0.3) is 0 Å². The minimum atomic E-state index is -0.271. The van der Waals surface area contributed by atoms with Crippen molar-refractivity contribution in [1.82, 2.24) is 0 Å². The lowest BCUT2D eigenvalue weighted by molar-refractivity contribution is 0.269. The molecule has 98 valence electrons. The molecule has 0 spiro atoms. The van der Waals surface area contributed by atoms with Crippen molar-refractivity contribution in [2.75, 3.05) is 5.32 Å². The first-order valence-electron chi connectivity index (χ1n) is 5.60. The number of benzene rings is 2.